The number of piperidine rings is 1. The molecule has 5 rings (SSSR count). The number of nitrogens with zero attached hydrogens (tertiary/aromatic N) is 2. The van der Waals surface area contributed by atoms with Gasteiger partial charge in [0, 0.05) is 29.6 Å². The summed E-state index contributed by atoms with van der Waals surface area (Å²) in [7, 11) is 0. The topological polar surface area (TPSA) is 102 Å². The van der Waals surface area contributed by atoms with Crippen LogP contribution < -0.4 is 5.56 Å². The standard InChI is InChI=1S/C23H23FN4O.C2HF3O2/c24-17-5-6-21-19(13-17)23(29)27-22(26-21)15-7-10-28(11-8-15)12-9-16-14-25-20-4-2-1-3-18(16)20;3-2(4,5)1(6)7/h1-6,13-15,25H,7-12H2,(H,26,27,29);(H,6,7). The maximum Gasteiger partial charge on any atom is 0.490 e. The molecule has 11 heteroatoms. The quantitative estimate of drug-likeness (QED) is 0.353. The summed E-state index contributed by atoms with van der Waals surface area (Å²) in [6, 6.07) is 12.6. The molecule has 3 heterocycles. The highest BCUT2D eigenvalue weighted by molar-refractivity contribution is 5.83. The Kier molecular flexibility index (Phi) is 7.39. The number of aromatic amines is 2. The van der Waals surface area contributed by atoms with Gasteiger partial charge in [0.05, 0.1) is 10.9 Å². The number of hydrogen-bond acceptors (Lipinski definition) is 4. The third kappa shape index (κ3) is 5.91. The SMILES string of the molecule is O=C(O)C(F)(F)F.O=c1[nH]c(C2CCN(CCc3c[nH]c4ccccc34)CC2)nc2ccc(F)cc12. The van der Waals surface area contributed by atoms with Gasteiger partial charge >= 0.3 is 12.1 Å². The smallest absolute Gasteiger partial charge is 0.475 e. The first-order chi connectivity index (χ1) is 17.1. The number of hydrogen-bond donors (Lipinski definition) is 3. The van der Waals surface area contributed by atoms with Gasteiger partial charge in [-0.1, -0.05) is 18.2 Å². The van der Waals surface area contributed by atoms with Gasteiger partial charge in [0.2, 0.25) is 0 Å². The summed E-state index contributed by atoms with van der Waals surface area (Å²) >= 11 is 0. The minimum atomic E-state index is -5.08. The maximum atomic E-state index is 13.4. The molecule has 1 saturated heterocycles. The van der Waals surface area contributed by atoms with Crippen molar-refractivity contribution in [3.05, 3.63) is 76.2 Å². The van der Waals surface area contributed by atoms with Crippen molar-refractivity contribution in [1.82, 2.24) is 19.9 Å². The summed E-state index contributed by atoms with van der Waals surface area (Å²) in [5, 5.41) is 8.74. The number of rotatable bonds is 4. The minimum absolute atomic E-state index is 0.237. The molecule has 0 amide bonds. The Balaban J connectivity index is 0.000000384. The first kappa shape index (κ1) is 25.4. The molecule has 0 radical (unpaired) electrons. The first-order valence-electron chi connectivity index (χ1n) is 11.4. The lowest BCUT2D eigenvalue weighted by atomic mass is 9.95. The van der Waals surface area contributed by atoms with Gasteiger partial charge in [0.1, 0.15) is 11.6 Å². The van der Waals surface area contributed by atoms with E-state index in [9.17, 15) is 22.4 Å². The van der Waals surface area contributed by atoms with Crippen molar-refractivity contribution in [3.63, 3.8) is 0 Å². The average Bonchev–Trinajstić information content (AvgIpc) is 3.26. The Labute approximate surface area is 202 Å². The van der Waals surface area contributed by atoms with Gasteiger partial charge in [0.15, 0.2) is 0 Å². The molecule has 0 unspecified atom stereocenters. The molecule has 1 fully saturated rings. The predicted molar refractivity (Wildman–Crippen MR) is 126 cm³/mol. The number of nitrogens with one attached hydrogen (secondary N) is 2. The largest absolute Gasteiger partial charge is 0.490 e. The molecule has 0 spiro atoms. The summed E-state index contributed by atoms with van der Waals surface area (Å²) in [6.07, 6.45) is -0.0255. The van der Waals surface area contributed by atoms with Gasteiger partial charge in [-0.15, -0.1) is 0 Å². The lowest BCUT2D eigenvalue weighted by molar-refractivity contribution is -0.192. The normalized spacial score (nSPS) is 15.1. The summed E-state index contributed by atoms with van der Waals surface area (Å²) in [5.74, 6) is -2.21. The van der Waals surface area contributed by atoms with Crippen LogP contribution >= 0.6 is 0 Å². The number of halogens is 4. The van der Waals surface area contributed by atoms with E-state index in [0.717, 1.165) is 44.7 Å². The molecule has 4 aromatic rings. The van der Waals surface area contributed by atoms with E-state index in [2.05, 4.69) is 50.3 Å². The molecule has 36 heavy (non-hydrogen) atoms. The number of benzene rings is 2. The monoisotopic (exact) mass is 504 g/mol. The second-order valence-electron chi connectivity index (χ2n) is 8.64. The lowest BCUT2D eigenvalue weighted by Crippen LogP contribution is -2.35. The average molecular weight is 504 g/mol. The van der Waals surface area contributed by atoms with Crippen LogP contribution in [0.15, 0.2) is 53.5 Å². The van der Waals surface area contributed by atoms with Crippen LogP contribution in [0.3, 0.4) is 0 Å². The van der Waals surface area contributed by atoms with E-state index in [1.165, 1.54) is 28.6 Å². The number of carboxylic acid groups (broad SMARTS) is 1. The second kappa shape index (κ2) is 10.5. The molecule has 0 atom stereocenters. The molecule has 2 aromatic carbocycles. The molecule has 1 aliphatic heterocycles. The third-order valence-electron chi connectivity index (χ3n) is 6.27. The van der Waals surface area contributed by atoms with E-state index < -0.39 is 18.0 Å². The lowest BCUT2D eigenvalue weighted by Gasteiger charge is -2.31. The zero-order valence-corrected chi connectivity index (χ0v) is 19.1. The van der Waals surface area contributed by atoms with E-state index in [4.69, 9.17) is 9.90 Å². The van der Waals surface area contributed by atoms with Crippen molar-refractivity contribution < 1.29 is 27.5 Å². The summed E-state index contributed by atoms with van der Waals surface area (Å²) in [5.41, 5.74) is 2.85. The molecule has 0 saturated carbocycles. The predicted octanol–water partition coefficient (Wildman–Crippen LogP) is 4.60. The van der Waals surface area contributed by atoms with Crippen molar-refractivity contribution in [2.24, 2.45) is 0 Å². The fourth-order valence-electron chi connectivity index (χ4n) is 4.37. The van der Waals surface area contributed by atoms with Gasteiger partial charge in [-0.05, 0) is 62.2 Å². The number of carbonyl (C=O) groups is 1. The molecule has 3 N–H and O–H groups in total. The Hall–Kier alpha value is -3.73. The third-order valence-corrected chi connectivity index (χ3v) is 6.27. The zero-order valence-electron chi connectivity index (χ0n) is 19.1. The van der Waals surface area contributed by atoms with Crippen LogP contribution in [0, 0.1) is 5.82 Å². The van der Waals surface area contributed by atoms with Crippen LogP contribution in [0.2, 0.25) is 0 Å². The van der Waals surface area contributed by atoms with E-state index >= 15 is 0 Å². The Bertz CT molecular complexity index is 1420. The zero-order chi connectivity index (χ0) is 25.9. The molecule has 0 bridgehead atoms. The maximum absolute atomic E-state index is 13.4. The molecular formula is C25H24F4N4O3. The van der Waals surface area contributed by atoms with Gasteiger partial charge in [0.25, 0.3) is 5.56 Å². The minimum Gasteiger partial charge on any atom is -0.475 e. The number of fused-ring (bicyclic) bond motifs is 2. The van der Waals surface area contributed by atoms with E-state index in [-0.39, 0.29) is 11.5 Å². The number of aliphatic carboxylic acids is 1. The van der Waals surface area contributed by atoms with E-state index in [0.29, 0.717) is 10.9 Å². The van der Waals surface area contributed by atoms with E-state index in [1.807, 2.05) is 0 Å². The fraction of sp³-hybridized carbons (Fsp3) is 0.320. The highest BCUT2D eigenvalue weighted by Crippen LogP contribution is 2.26. The van der Waals surface area contributed by atoms with Crippen LogP contribution in [0.4, 0.5) is 17.6 Å². The van der Waals surface area contributed by atoms with Gasteiger partial charge < -0.3 is 20.0 Å². The molecular weight excluding hydrogens is 480 g/mol. The van der Waals surface area contributed by atoms with Crippen molar-refractivity contribution in [2.75, 3.05) is 19.6 Å². The van der Waals surface area contributed by atoms with Crippen molar-refractivity contribution in [3.8, 4) is 0 Å². The van der Waals surface area contributed by atoms with Crippen LogP contribution in [0.5, 0.6) is 0 Å². The Morgan fingerprint density at radius 3 is 2.50 bits per heavy atom. The van der Waals surface area contributed by atoms with Gasteiger partial charge in [-0.2, -0.15) is 13.2 Å². The molecule has 2 aromatic heterocycles. The molecule has 1 aliphatic rings. The number of alkyl halides is 3. The van der Waals surface area contributed by atoms with Crippen LogP contribution in [0.1, 0.15) is 30.1 Å². The number of para-hydroxylation sites is 1. The Morgan fingerprint density at radius 2 is 1.81 bits per heavy atom. The van der Waals surface area contributed by atoms with E-state index in [1.54, 1.807) is 6.07 Å². The number of aromatic nitrogens is 3. The highest BCUT2D eigenvalue weighted by atomic mass is 19.4. The molecule has 190 valence electrons. The highest BCUT2D eigenvalue weighted by Gasteiger charge is 2.38. The van der Waals surface area contributed by atoms with Crippen LogP contribution in [-0.4, -0.2) is 56.7 Å². The second-order valence-corrected chi connectivity index (χ2v) is 8.64. The van der Waals surface area contributed by atoms with Crippen molar-refractivity contribution >= 4 is 27.8 Å². The molecule has 0 aliphatic carbocycles. The number of likely N-dealkylation sites (tertiary alicyclic amines) is 1. The summed E-state index contributed by atoms with van der Waals surface area (Å²) in [6.45, 7) is 2.99. The molecule has 7 nitrogen and oxygen atoms in total. The fourth-order valence-corrected chi connectivity index (χ4v) is 4.37. The number of H-pyrrole nitrogens is 2. The number of carboxylic acids is 1. The Morgan fingerprint density at radius 1 is 1.11 bits per heavy atom. The summed E-state index contributed by atoms with van der Waals surface area (Å²) in [4.78, 5) is 34.5. The van der Waals surface area contributed by atoms with Crippen molar-refractivity contribution in [1.29, 1.82) is 0 Å². The van der Waals surface area contributed by atoms with Crippen LogP contribution in [0.25, 0.3) is 21.8 Å². The first-order valence-corrected chi connectivity index (χ1v) is 11.4. The van der Waals surface area contributed by atoms with Crippen molar-refractivity contribution in [2.45, 2.75) is 31.4 Å². The van der Waals surface area contributed by atoms with Gasteiger partial charge in [-0.3, -0.25) is 4.79 Å². The van der Waals surface area contributed by atoms with Gasteiger partial charge in [-0.25, -0.2) is 14.2 Å². The van der Waals surface area contributed by atoms with Crippen LogP contribution in [-0.2, 0) is 11.2 Å². The summed E-state index contributed by atoms with van der Waals surface area (Å²) < 4.78 is 45.1.